The molecule has 0 aliphatic carbocycles. The molecule has 0 aromatic heterocycles. The van der Waals surface area contributed by atoms with Crippen LogP contribution < -0.4 is 24.4 Å². The van der Waals surface area contributed by atoms with Crippen molar-refractivity contribution in [2.45, 2.75) is 6.42 Å². The smallest absolute Gasteiger partial charge is 0.265 e. The minimum absolute atomic E-state index is 0.0177. The zero-order valence-corrected chi connectivity index (χ0v) is 18.3. The molecule has 0 fully saturated rings. The van der Waals surface area contributed by atoms with Gasteiger partial charge in [-0.2, -0.15) is 0 Å². The van der Waals surface area contributed by atoms with Gasteiger partial charge in [-0.25, -0.2) is 0 Å². The molecule has 0 spiro atoms. The molecule has 1 heterocycles. The standard InChI is InChI=1S/C23H30N4O4/c1-24-23(26(2)15-16-30-19-11-9-18(29-3)10-12-19)25-13-6-14-27-20-7-4-5-8-21(20)31-17-22(27)28/h4-5,7-12H,6,13-17H2,1-3H3,(H,24,25). The second-order valence-electron chi connectivity index (χ2n) is 7.07. The van der Waals surface area contributed by atoms with Crippen molar-refractivity contribution in [2.24, 2.45) is 4.99 Å². The van der Waals surface area contributed by atoms with E-state index in [0.717, 1.165) is 35.3 Å². The number of nitrogens with one attached hydrogen (secondary N) is 1. The summed E-state index contributed by atoms with van der Waals surface area (Å²) in [5.74, 6) is 3.12. The van der Waals surface area contributed by atoms with Gasteiger partial charge in [-0.05, 0) is 42.8 Å². The highest BCUT2D eigenvalue weighted by Crippen LogP contribution is 2.31. The number of nitrogens with zero attached hydrogens (tertiary/aromatic N) is 3. The number of carbonyl (C=O) groups excluding carboxylic acids is 1. The van der Waals surface area contributed by atoms with Gasteiger partial charge in [-0.15, -0.1) is 0 Å². The van der Waals surface area contributed by atoms with Gasteiger partial charge >= 0.3 is 0 Å². The minimum atomic E-state index is -0.0177. The number of likely N-dealkylation sites (N-methyl/N-ethyl adjacent to an activating group) is 1. The molecule has 2 aromatic carbocycles. The molecule has 8 nitrogen and oxygen atoms in total. The Balaban J connectivity index is 1.40. The predicted octanol–water partition coefficient (Wildman–Crippen LogP) is 2.40. The first-order chi connectivity index (χ1) is 15.1. The molecule has 0 atom stereocenters. The molecular formula is C23H30N4O4. The fourth-order valence-electron chi connectivity index (χ4n) is 3.30. The lowest BCUT2D eigenvalue weighted by Gasteiger charge is -2.29. The number of rotatable bonds is 9. The van der Waals surface area contributed by atoms with Crippen molar-refractivity contribution in [3.05, 3.63) is 48.5 Å². The van der Waals surface area contributed by atoms with Crippen LogP contribution in [0.15, 0.2) is 53.5 Å². The Morgan fingerprint density at radius 1 is 1.19 bits per heavy atom. The number of methoxy groups -OCH3 is 1. The van der Waals surface area contributed by atoms with E-state index in [1.165, 1.54) is 0 Å². The van der Waals surface area contributed by atoms with E-state index < -0.39 is 0 Å². The molecule has 3 rings (SSSR count). The average molecular weight is 427 g/mol. The second-order valence-corrected chi connectivity index (χ2v) is 7.07. The number of guanidine groups is 1. The quantitative estimate of drug-likeness (QED) is 0.377. The fraction of sp³-hybridized carbons (Fsp3) is 0.391. The Kier molecular flexibility index (Phi) is 7.98. The van der Waals surface area contributed by atoms with Gasteiger partial charge in [-0.1, -0.05) is 12.1 Å². The predicted molar refractivity (Wildman–Crippen MR) is 121 cm³/mol. The van der Waals surface area contributed by atoms with E-state index >= 15 is 0 Å². The van der Waals surface area contributed by atoms with E-state index in [1.807, 2.05) is 60.5 Å². The molecule has 0 saturated heterocycles. The first-order valence-corrected chi connectivity index (χ1v) is 10.3. The Hall–Kier alpha value is -3.42. The van der Waals surface area contributed by atoms with Crippen LogP contribution in [0.3, 0.4) is 0 Å². The molecule has 8 heteroatoms. The lowest BCUT2D eigenvalue weighted by atomic mass is 10.2. The van der Waals surface area contributed by atoms with Gasteiger partial charge in [-0.3, -0.25) is 9.79 Å². The van der Waals surface area contributed by atoms with E-state index in [0.29, 0.717) is 26.2 Å². The van der Waals surface area contributed by atoms with E-state index in [1.54, 1.807) is 19.1 Å². The van der Waals surface area contributed by atoms with Crippen molar-refractivity contribution in [2.75, 3.05) is 59.0 Å². The van der Waals surface area contributed by atoms with Crippen molar-refractivity contribution in [3.8, 4) is 17.2 Å². The molecule has 1 aliphatic heterocycles. The molecule has 2 aromatic rings. The number of hydrogen-bond donors (Lipinski definition) is 1. The first kappa shape index (κ1) is 22.3. The zero-order valence-electron chi connectivity index (χ0n) is 18.3. The largest absolute Gasteiger partial charge is 0.497 e. The summed E-state index contributed by atoms with van der Waals surface area (Å²) in [5, 5.41) is 3.35. The van der Waals surface area contributed by atoms with E-state index in [2.05, 4.69) is 10.3 Å². The SMILES string of the molecule is CN=C(NCCCN1C(=O)COc2ccccc21)N(C)CCOc1ccc(OC)cc1. The van der Waals surface area contributed by atoms with Crippen LogP contribution in [-0.2, 0) is 4.79 Å². The van der Waals surface area contributed by atoms with Gasteiger partial charge in [0, 0.05) is 27.2 Å². The van der Waals surface area contributed by atoms with Crippen LogP contribution >= 0.6 is 0 Å². The van der Waals surface area contributed by atoms with Crippen LogP contribution in [0.1, 0.15) is 6.42 Å². The molecule has 0 radical (unpaired) electrons. The summed E-state index contributed by atoms with van der Waals surface area (Å²) in [7, 11) is 5.36. The summed E-state index contributed by atoms with van der Waals surface area (Å²) >= 11 is 0. The highest BCUT2D eigenvalue weighted by Gasteiger charge is 2.24. The Morgan fingerprint density at radius 2 is 1.94 bits per heavy atom. The second kappa shape index (κ2) is 11.1. The third kappa shape index (κ3) is 6.04. The van der Waals surface area contributed by atoms with E-state index in [-0.39, 0.29) is 12.5 Å². The lowest BCUT2D eigenvalue weighted by molar-refractivity contribution is -0.121. The Morgan fingerprint density at radius 3 is 2.68 bits per heavy atom. The van der Waals surface area contributed by atoms with Crippen molar-refractivity contribution in [1.29, 1.82) is 0 Å². The topological polar surface area (TPSA) is 75.6 Å². The average Bonchev–Trinajstić information content (AvgIpc) is 2.80. The van der Waals surface area contributed by atoms with Gasteiger partial charge in [0.2, 0.25) is 0 Å². The number of benzene rings is 2. The maximum Gasteiger partial charge on any atom is 0.265 e. The number of carbonyl (C=O) groups is 1. The highest BCUT2D eigenvalue weighted by atomic mass is 16.5. The van der Waals surface area contributed by atoms with Gasteiger partial charge in [0.15, 0.2) is 12.6 Å². The summed E-state index contributed by atoms with van der Waals surface area (Å²) in [6, 6.07) is 15.1. The highest BCUT2D eigenvalue weighted by molar-refractivity contribution is 5.97. The maximum atomic E-state index is 12.2. The Labute approximate surface area is 183 Å². The maximum absolute atomic E-state index is 12.2. The summed E-state index contributed by atoms with van der Waals surface area (Å²) < 4.78 is 16.4. The monoisotopic (exact) mass is 426 g/mol. The van der Waals surface area contributed by atoms with Crippen molar-refractivity contribution in [1.82, 2.24) is 10.2 Å². The van der Waals surface area contributed by atoms with Crippen LogP contribution in [0, 0.1) is 0 Å². The number of anilines is 1. The van der Waals surface area contributed by atoms with Crippen molar-refractivity contribution in [3.63, 3.8) is 0 Å². The number of aliphatic imine (C=N–C) groups is 1. The number of ether oxygens (including phenoxy) is 3. The van der Waals surface area contributed by atoms with Crippen LogP contribution in [-0.4, -0.2) is 70.8 Å². The van der Waals surface area contributed by atoms with E-state index in [4.69, 9.17) is 14.2 Å². The van der Waals surface area contributed by atoms with Gasteiger partial charge in [0.05, 0.1) is 19.3 Å². The van der Waals surface area contributed by atoms with Crippen molar-refractivity contribution < 1.29 is 19.0 Å². The summed E-state index contributed by atoms with van der Waals surface area (Å²) in [4.78, 5) is 20.4. The molecule has 0 bridgehead atoms. The molecule has 0 saturated carbocycles. The van der Waals surface area contributed by atoms with Crippen molar-refractivity contribution >= 4 is 17.6 Å². The third-order valence-electron chi connectivity index (χ3n) is 4.98. The normalized spacial score (nSPS) is 13.3. The Bertz CT molecular complexity index is 885. The zero-order chi connectivity index (χ0) is 22.1. The summed E-state index contributed by atoms with van der Waals surface area (Å²) in [6.07, 6.45) is 0.787. The number of fused-ring (bicyclic) bond motifs is 1. The molecular weight excluding hydrogens is 396 g/mol. The molecule has 1 amide bonds. The third-order valence-corrected chi connectivity index (χ3v) is 4.98. The number of hydrogen-bond acceptors (Lipinski definition) is 5. The van der Waals surface area contributed by atoms with Crippen LogP contribution in [0.5, 0.6) is 17.2 Å². The number of para-hydroxylation sites is 2. The molecule has 1 aliphatic rings. The molecule has 31 heavy (non-hydrogen) atoms. The molecule has 1 N–H and O–H groups in total. The summed E-state index contributed by atoms with van der Waals surface area (Å²) in [5.41, 5.74) is 0.830. The molecule has 0 unspecified atom stereocenters. The number of amides is 1. The van der Waals surface area contributed by atoms with Crippen LogP contribution in [0.25, 0.3) is 0 Å². The summed E-state index contributed by atoms with van der Waals surface area (Å²) in [6.45, 7) is 2.61. The first-order valence-electron chi connectivity index (χ1n) is 10.3. The fourth-order valence-corrected chi connectivity index (χ4v) is 3.30. The van der Waals surface area contributed by atoms with Crippen LogP contribution in [0.4, 0.5) is 5.69 Å². The van der Waals surface area contributed by atoms with E-state index in [9.17, 15) is 4.79 Å². The lowest BCUT2D eigenvalue weighted by Crippen LogP contribution is -2.43. The van der Waals surface area contributed by atoms with Crippen LogP contribution in [0.2, 0.25) is 0 Å². The van der Waals surface area contributed by atoms with Gasteiger partial charge < -0.3 is 29.3 Å². The molecule has 166 valence electrons. The minimum Gasteiger partial charge on any atom is -0.497 e. The van der Waals surface area contributed by atoms with Gasteiger partial charge in [0.1, 0.15) is 23.9 Å². The van der Waals surface area contributed by atoms with Gasteiger partial charge in [0.25, 0.3) is 5.91 Å².